The largest absolute Gasteiger partial charge is 0.489 e. The first kappa shape index (κ1) is 16.9. The Morgan fingerprint density at radius 3 is 2.50 bits per heavy atom. The van der Waals surface area contributed by atoms with Gasteiger partial charge in [0, 0.05) is 22.7 Å². The van der Waals surface area contributed by atoms with Crippen molar-refractivity contribution in [3.63, 3.8) is 0 Å². The fourth-order valence-electron chi connectivity index (χ4n) is 2.02. The highest BCUT2D eigenvalue weighted by molar-refractivity contribution is 6.30. The van der Waals surface area contributed by atoms with Gasteiger partial charge in [0.25, 0.3) is 0 Å². The lowest BCUT2D eigenvalue weighted by Crippen LogP contribution is -2.37. The highest BCUT2D eigenvalue weighted by atomic mass is 35.5. The standard InChI is InChI=1S/C19H24ClNO/c1-4-19(2,3)21-13-16-12-17(20)10-11-18(16)22-14-15-8-6-5-7-9-15/h5-12,21H,4,13-14H2,1-3H3. The molecule has 2 rings (SSSR count). The maximum Gasteiger partial charge on any atom is 0.124 e. The first-order chi connectivity index (χ1) is 10.5. The molecule has 22 heavy (non-hydrogen) atoms. The summed E-state index contributed by atoms with van der Waals surface area (Å²) in [6.45, 7) is 7.88. The van der Waals surface area contributed by atoms with Gasteiger partial charge < -0.3 is 10.1 Å². The number of hydrogen-bond acceptors (Lipinski definition) is 2. The van der Waals surface area contributed by atoms with E-state index in [0.717, 1.165) is 34.9 Å². The Morgan fingerprint density at radius 2 is 1.82 bits per heavy atom. The van der Waals surface area contributed by atoms with Crippen molar-refractivity contribution in [1.29, 1.82) is 0 Å². The van der Waals surface area contributed by atoms with Crippen LogP contribution in [-0.4, -0.2) is 5.54 Å². The average molecular weight is 318 g/mol. The van der Waals surface area contributed by atoms with E-state index in [0.29, 0.717) is 6.61 Å². The van der Waals surface area contributed by atoms with Crippen molar-refractivity contribution < 1.29 is 4.74 Å². The summed E-state index contributed by atoms with van der Waals surface area (Å²) in [5, 5.41) is 4.29. The number of halogens is 1. The molecule has 0 aliphatic rings. The van der Waals surface area contributed by atoms with Crippen molar-refractivity contribution in [2.45, 2.75) is 45.9 Å². The van der Waals surface area contributed by atoms with E-state index in [9.17, 15) is 0 Å². The number of ether oxygens (including phenoxy) is 1. The van der Waals surface area contributed by atoms with Crippen LogP contribution >= 0.6 is 11.6 Å². The summed E-state index contributed by atoms with van der Waals surface area (Å²) in [5.41, 5.74) is 2.34. The van der Waals surface area contributed by atoms with Gasteiger partial charge in [0.15, 0.2) is 0 Å². The Kier molecular flexibility index (Phi) is 5.87. The summed E-state index contributed by atoms with van der Waals surface area (Å²) in [6, 6.07) is 16.0. The third-order valence-electron chi connectivity index (χ3n) is 3.90. The lowest BCUT2D eigenvalue weighted by Gasteiger charge is -2.25. The molecule has 0 radical (unpaired) electrons. The van der Waals surface area contributed by atoms with Crippen LogP contribution in [0.4, 0.5) is 0 Å². The van der Waals surface area contributed by atoms with Gasteiger partial charge in [-0.15, -0.1) is 0 Å². The second-order valence-electron chi connectivity index (χ2n) is 6.12. The quantitative estimate of drug-likeness (QED) is 0.758. The minimum Gasteiger partial charge on any atom is -0.489 e. The summed E-state index contributed by atoms with van der Waals surface area (Å²) in [4.78, 5) is 0. The predicted molar refractivity (Wildman–Crippen MR) is 93.4 cm³/mol. The molecule has 3 heteroatoms. The van der Waals surface area contributed by atoms with E-state index < -0.39 is 0 Å². The van der Waals surface area contributed by atoms with E-state index in [-0.39, 0.29) is 5.54 Å². The highest BCUT2D eigenvalue weighted by Gasteiger charge is 2.15. The molecule has 0 saturated heterocycles. The molecule has 0 atom stereocenters. The summed E-state index contributed by atoms with van der Waals surface area (Å²) in [6.07, 6.45) is 1.06. The zero-order chi connectivity index (χ0) is 16.0. The van der Waals surface area contributed by atoms with Gasteiger partial charge in [0.1, 0.15) is 12.4 Å². The van der Waals surface area contributed by atoms with Gasteiger partial charge in [-0.1, -0.05) is 48.9 Å². The maximum atomic E-state index is 6.13. The summed E-state index contributed by atoms with van der Waals surface area (Å²) < 4.78 is 5.98. The van der Waals surface area contributed by atoms with Crippen molar-refractivity contribution in [2.75, 3.05) is 0 Å². The Bertz CT molecular complexity index is 596. The molecule has 0 unspecified atom stereocenters. The monoisotopic (exact) mass is 317 g/mol. The van der Waals surface area contributed by atoms with E-state index in [2.05, 4.69) is 38.2 Å². The van der Waals surface area contributed by atoms with Crippen molar-refractivity contribution in [1.82, 2.24) is 5.32 Å². The second kappa shape index (κ2) is 7.66. The smallest absolute Gasteiger partial charge is 0.124 e. The van der Waals surface area contributed by atoms with Crippen LogP contribution in [0.3, 0.4) is 0 Å². The van der Waals surface area contributed by atoms with Gasteiger partial charge in [-0.05, 0) is 44.0 Å². The van der Waals surface area contributed by atoms with Crippen LogP contribution in [0.1, 0.15) is 38.3 Å². The van der Waals surface area contributed by atoms with E-state index >= 15 is 0 Å². The molecule has 0 bridgehead atoms. The van der Waals surface area contributed by atoms with E-state index in [1.165, 1.54) is 0 Å². The van der Waals surface area contributed by atoms with Crippen molar-refractivity contribution in [3.05, 3.63) is 64.7 Å². The molecule has 118 valence electrons. The van der Waals surface area contributed by atoms with Crippen LogP contribution in [-0.2, 0) is 13.2 Å². The molecule has 1 N–H and O–H groups in total. The normalized spacial score (nSPS) is 11.5. The van der Waals surface area contributed by atoms with Crippen molar-refractivity contribution >= 4 is 11.6 Å². The number of hydrogen-bond donors (Lipinski definition) is 1. The third-order valence-corrected chi connectivity index (χ3v) is 4.14. The third kappa shape index (κ3) is 5.04. The molecular weight excluding hydrogens is 294 g/mol. The van der Waals surface area contributed by atoms with Gasteiger partial charge in [0.2, 0.25) is 0 Å². The van der Waals surface area contributed by atoms with Gasteiger partial charge in [-0.3, -0.25) is 0 Å². The fourth-order valence-corrected chi connectivity index (χ4v) is 2.22. The Hall–Kier alpha value is -1.51. The van der Waals surface area contributed by atoms with E-state index in [4.69, 9.17) is 16.3 Å². The lowest BCUT2D eigenvalue weighted by atomic mass is 10.0. The van der Waals surface area contributed by atoms with Gasteiger partial charge in [-0.2, -0.15) is 0 Å². The molecule has 0 aromatic heterocycles. The first-order valence-corrected chi connectivity index (χ1v) is 8.08. The van der Waals surface area contributed by atoms with Crippen LogP contribution in [0.2, 0.25) is 5.02 Å². The molecule has 0 aliphatic carbocycles. The first-order valence-electron chi connectivity index (χ1n) is 7.70. The van der Waals surface area contributed by atoms with Crippen LogP contribution < -0.4 is 10.1 Å². The Balaban J connectivity index is 2.07. The molecule has 2 aromatic carbocycles. The van der Waals surface area contributed by atoms with E-state index in [1.54, 1.807) is 0 Å². The van der Waals surface area contributed by atoms with Crippen LogP contribution in [0.15, 0.2) is 48.5 Å². The molecule has 0 aliphatic heterocycles. The van der Waals surface area contributed by atoms with Crippen molar-refractivity contribution in [3.8, 4) is 5.75 Å². The van der Waals surface area contributed by atoms with Gasteiger partial charge >= 0.3 is 0 Å². The molecule has 0 amide bonds. The average Bonchev–Trinajstić information content (AvgIpc) is 2.53. The van der Waals surface area contributed by atoms with Gasteiger partial charge in [-0.25, -0.2) is 0 Å². The Labute approximate surface area is 138 Å². The second-order valence-corrected chi connectivity index (χ2v) is 6.55. The molecular formula is C19H24ClNO. The highest BCUT2D eigenvalue weighted by Crippen LogP contribution is 2.24. The van der Waals surface area contributed by atoms with E-state index in [1.807, 2.05) is 36.4 Å². The zero-order valence-electron chi connectivity index (χ0n) is 13.5. The maximum absolute atomic E-state index is 6.13. The minimum atomic E-state index is 0.0962. The molecule has 2 aromatic rings. The molecule has 0 fully saturated rings. The molecule has 0 saturated carbocycles. The number of nitrogens with one attached hydrogen (secondary N) is 1. The summed E-state index contributed by atoms with van der Waals surface area (Å²) in [7, 11) is 0. The van der Waals surface area contributed by atoms with Crippen LogP contribution in [0.5, 0.6) is 5.75 Å². The minimum absolute atomic E-state index is 0.0962. The zero-order valence-corrected chi connectivity index (χ0v) is 14.3. The molecule has 0 heterocycles. The number of benzene rings is 2. The Morgan fingerprint density at radius 1 is 1.09 bits per heavy atom. The summed E-state index contributed by atoms with van der Waals surface area (Å²) in [5.74, 6) is 0.882. The predicted octanol–water partition coefficient (Wildman–Crippen LogP) is 5.20. The topological polar surface area (TPSA) is 21.3 Å². The SMILES string of the molecule is CCC(C)(C)NCc1cc(Cl)ccc1OCc1ccccc1. The fraction of sp³-hybridized carbons (Fsp3) is 0.368. The number of rotatable bonds is 7. The molecule has 0 spiro atoms. The van der Waals surface area contributed by atoms with Gasteiger partial charge in [0.05, 0.1) is 0 Å². The lowest BCUT2D eigenvalue weighted by molar-refractivity contribution is 0.298. The summed E-state index contributed by atoms with van der Waals surface area (Å²) >= 11 is 6.13. The van der Waals surface area contributed by atoms with Crippen LogP contribution in [0.25, 0.3) is 0 Å². The van der Waals surface area contributed by atoms with Crippen molar-refractivity contribution in [2.24, 2.45) is 0 Å². The molecule has 2 nitrogen and oxygen atoms in total. The van der Waals surface area contributed by atoms with Crippen LogP contribution in [0, 0.1) is 0 Å².